The van der Waals surface area contributed by atoms with Crippen molar-refractivity contribution in [2.75, 3.05) is 5.32 Å². The SMILES string of the molecule is Cc1cccc(Cl)c1C(=O)NC(Cc1ccc(NC(=O)c2c(C)ccnc2C)cc1)C(=O)O. The minimum absolute atomic E-state index is 0.0691. The maximum atomic E-state index is 12.6. The smallest absolute Gasteiger partial charge is 0.326 e. The normalized spacial score (nSPS) is 11.5. The number of carbonyl (C=O) groups excluding carboxylic acids is 2. The summed E-state index contributed by atoms with van der Waals surface area (Å²) in [6, 6.07) is 12.5. The first kappa shape index (κ1) is 23.9. The zero-order valence-electron chi connectivity index (χ0n) is 18.5. The van der Waals surface area contributed by atoms with Crippen LogP contribution in [0.1, 0.15) is 43.1 Å². The molecule has 0 saturated carbocycles. The lowest BCUT2D eigenvalue weighted by atomic mass is 10.0. The number of rotatable bonds is 7. The summed E-state index contributed by atoms with van der Waals surface area (Å²) in [5, 5.41) is 15.2. The first-order valence-corrected chi connectivity index (χ1v) is 10.7. The van der Waals surface area contributed by atoms with Gasteiger partial charge in [-0.25, -0.2) is 4.79 Å². The summed E-state index contributed by atoms with van der Waals surface area (Å²) in [5.41, 5.74) is 4.14. The molecular formula is C25H24ClN3O4. The molecule has 2 aromatic carbocycles. The molecule has 2 amide bonds. The molecule has 0 spiro atoms. The van der Waals surface area contributed by atoms with Gasteiger partial charge < -0.3 is 15.7 Å². The number of carbonyl (C=O) groups is 3. The van der Waals surface area contributed by atoms with E-state index in [-0.39, 0.29) is 22.9 Å². The number of aryl methyl sites for hydroxylation is 3. The fraction of sp³-hybridized carbons (Fsp3) is 0.200. The molecule has 3 rings (SSSR count). The van der Waals surface area contributed by atoms with Crippen molar-refractivity contribution in [2.45, 2.75) is 33.2 Å². The van der Waals surface area contributed by atoms with Gasteiger partial charge in [0.15, 0.2) is 0 Å². The van der Waals surface area contributed by atoms with Crippen LogP contribution < -0.4 is 10.6 Å². The van der Waals surface area contributed by atoms with Crippen LogP contribution in [0.15, 0.2) is 54.7 Å². The Hall–Kier alpha value is -3.71. The summed E-state index contributed by atoms with van der Waals surface area (Å²) >= 11 is 6.12. The predicted octanol–water partition coefficient (Wildman–Crippen LogP) is 4.34. The highest BCUT2D eigenvalue weighted by atomic mass is 35.5. The van der Waals surface area contributed by atoms with Crippen LogP contribution in [0.2, 0.25) is 5.02 Å². The van der Waals surface area contributed by atoms with Crippen LogP contribution in [-0.4, -0.2) is 33.9 Å². The fourth-order valence-electron chi connectivity index (χ4n) is 3.54. The number of nitrogens with zero attached hydrogens (tertiary/aromatic N) is 1. The molecule has 1 heterocycles. The lowest BCUT2D eigenvalue weighted by molar-refractivity contribution is -0.139. The van der Waals surface area contributed by atoms with Crippen molar-refractivity contribution >= 4 is 35.1 Å². The third-order valence-corrected chi connectivity index (χ3v) is 5.59. The van der Waals surface area contributed by atoms with Crippen molar-refractivity contribution in [3.8, 4) is 0 Å². The van der Waals surface area contributed by atoms with Crippen molar-refractivity contribution in [2.24, 2.45) is 0 Å². The Morgan fingerprint density at radius 3 is 2.21 bits per heavy atom. The van der Waals surface area contributed by atoms with Crippen molar-refractivity contribution in [1.82, 2.24) is 10.3 Å². The number of hydrogen-bond donors (Lipinski definition) is 3. The van der Waals surface area contributed by atoms with E-state index in [1.54, 1.807) is 68.6 Å². The van der Waals surface area contributed by atoms with Gasteiger partial charge in [-0.05, 0) is 61.7 Å². The quantitative estimate of drug-likeness (QED) is 0.481. The number of pyridine rings is 1. The van der Waals surface area contributed by atoms with Crippen molar-refractivity contribution < 1.29 is 19.5 Å². The molecule has 7 nitrogen and oxygen atoms in total. The van der Waals surface area contributed by atoms with E-state index in [0.717, 1.165) is 5.56 Å². The third-order valence-electron chi connectivity index (χ3n) is 5.28. The van der Waals surface area contributed by atoms with Crippen LogP contribution in [-0.2, 0) is 11.2 Å². The van der Waals surface area contributed by atoms with Gasteiger partial charge in [-0.15, -0.1) is 0 Å². The van der Waals surface area contributed by atoms with Gasteiger partial charge in [-0.3, -0.25) is 14.6 Å². The van der Waals surface area contributed by atoms with Gasteiger partial charge in [0.2, 0.25) is 0 Å². The number of anilines is 1. The maximum Gasteiger partial charge on any atom is 0.326 e. The number of amides is 2. The molecule has 0 saturated heterocycles. The highest BCUT2D eigenvalue weighted by molar-refractivity contribution is 6.34. The molecular weight excluding hydrogens is 442 g/mol. The molecule has 0 bridgehead atoms. The van der Waals surface area contributed by atoms with Gasteiger partial charge in [-0.2, -0.15) is 0 Å². The van der Waals surface area contributed by atoms with Crippen LogP contribution in [0, 0.1) is 20.8 Å². The van der Waals surface area contributed by atoms with E-state index in [4.69, 9.17) is 11.6 Å². The average Bonchev–Trinajstić information content (AvgIpc) is 2.74. The van der Waals surface area contributed by atoms with E-state index in [1.165, 1.54) is 0 Å². The van der Waals surface area contributed by atoms with E-state index in [2.05, 4.69) is 15.6 Å². The maximum absolute atomic E-state index is 12.6. The second-order valence-corrected chi connectivity index (χ2v) is 8.15. The van der Waals surface area contributed by atoms with Crippen molar-refractivity contribution in [1.29, 1.82) is 0 Å². The third kappa shape index (κ3) is 5.75. The Kier molecular flexibility index (Phi) is 7.45. The molecule has 0 fully saturated rings. The Bertz CT molecular complexity index is 1170. The Balaban J connectivity index is 1.70. The molecule has 33 heavy (non-hydrogen) atoms. The van der Waals surface area contributed by atoms with Crippen LogP contribution in [0.5, 0.6) is 0 Å². The lowest BCUT2D eigenvalue weighted by Gasteiger charge is -2.16. The molecule has 0 radical (unpaired) electrons. The number of carboxylic acid groups (broad SMARTS) is 1. The number of aliphatic carboxylic acids is 1. The first-order valence-electron chi connectivity index (χ1n) is 10.3. The molecule has 3 N–H and O–H groups in total. The number of aromatic nitrogens is 1. The van der Waals surface area contributed by atoms with Crippen LogP contribution in [0.4, 0.5) is 5.69 Å². The molecule has 0 aliphatic heterocycles. The number of carboxylic acids is 1. The molecule has 8 heteroatoms. The van der Waals surface area contributed by atoms with Gasteiger partial charge in [0, 0.05) is 18.3 Å². The van der Waals surface area contributed by atoms with Gasteiger partial charge in [0.25, 0.3) is 11.8 Å². The number of nitrogens with one attached hydrogen (secondary N) is 2. The zero-order valence-corrected chi connectivity index (χ0v) is 19.2. The molecule has 1 atom stereocenters. The van der Waals surface area contributed by atoms with Crippen LogP contribution in [0.3, 0.4) is 0 Å². The molecule has 1 unspecified atom stereocenters. The van der Waals surface area contributed by atoms with E-state index >= 15 is 0 Å². The first-order chi connectivity index (χ1) is 15.7. The highest BCUT2D eigenvalue weighted by Gasteiger charge is 2.23. The summed E-state index contributed by atoms with van der Waals surface area (Å²) < 4.78 is 0. The van der Waals surface area contributed by atoms with Gasteiger partial charge in [0.05, 0.1) is 21.8 Å². The standard InChI is InChI=1S/C25H24ClN3O4/c1-14-5-4-6-19(26)22(14)24(31)29-20(25(32)33)13-17-7-9-18(10-8-17)28-23(30)21-15(2)11-12-27-16(21)3/h4-12,20H,13H2,1-3H3,(H,28,30)(H,29,31)(H,32,33). The summed E-state index contributed by atoms with van der Waals surface area (Å²) in [4.78, 5) is 41.2. The van der Waals surface area contributed by atoms with Crippen molar-refractivity contribution in [3.63, 3.8) is 0 Å². The average molecular weight is 466 g/mol. The van der Waals surface area contributed by atoms with Crippen LogP contribution in [0.25, 0.3) is 0 Å². The largest absolute Gasteiger partial charge is 0.480 e. The van der Waals surface area contributed by atoms with E-state index in [9.17, 15) is 19.5 Å². The second kappa shape index (κ2) is 10.3. The Morgan fingerprint density at radius 2 is 1.61 bits per heavy atom. The minimum Gasteiger partial charge on any atom is -0.480 e. The topological polar surface area (TPSA) is 108 Å². The van der Waals surface area contributed by atoms with E-state index in [1.807, 2.05) is 6.92 Å². The minimum atomic E-state index is -1.16. The number of halogens is 1. The molecule has 0 aliphatic carbocycles. The molecule has 3 aromatic rings. The lowest BCUT2D eigenvalue weighted by Crippen LogP contribution is -2.42. The van der Waals surface area contributed by atoms with E-state index in [0.29, 0.717) is 28.1 Å². The summed E-state index contributed by atoms with van der Waals surface area (Å²) in [6.45, 7) is 5.35. The molecule has 170 valence electrons. The summed E-state index contributed by atoms with van der Waals surface area (Å²) in [7, 11) is 0. The van der Waals surface area contributed by atoms with Crippen molar-refractivity contribution in [3.05, 3.63) is 93.3 Å². The molecule has 0 aliphatic rings. The fourth-order valence-corrected chi connectivity index (χ4v) is 3.85. The summed E-state index contributed by atoms with van der Waals surface area (Å²) in [6.07, 6.45) is 1.72. The zero-order chi connectivity index (χ0) is 24.1. The highest BCUT2D eigenvalue weighted by Crippen LogP contribution is 2.20. The predicted molar refractivity (Wildman–Crippen MR) is 127 cm³/mol. The summed E-state index contributed by atoms with van der Waals surface area (Å²) in [5.74, 6) is -1.97. The van der Waals surface area contributed by atoms with E-state index < -0.39 is 17.9 Å². The molecule has 1 aromatic heterocycles. The monoisotopic (exact) mass is 465 g/mol. The second-order valence-electron chi connectivity index (χ2n) is 7.74. The Morgan fingerprint density at radius 1 is 0.939 bits per heavy atom. The van der Waals surface area contributed by atoms with Crippen LogP contribution >= 0.6 is 11.6 Å². The Labute approximate surface area is 196 Å². The van der Waals surface area contributed by atoms with Gasteiger partial charge in [0.1, 0.15) is 6.04 Å². The van der Waals surface area contributed by atoms with Gasteiger partial charge >= 0.3 is 5.97 Å². The number of benzene rings is 2. The number of hydrogen-bond acceptors (Lipinski definition) is 4. The van der Waals surface area contributed by atoms with Gasteiger partial charge in [-0.1, -0.05) is 35.9 Å².